The van der Waals surface area contributed by atoms with Gasteiger partial charge in [-0.2, -0.15) is 0 Å². The molecule has 7 nitrogen and oxygen atoms in total. The number of amides is 1. The highest BCUT2D eigenvalue weighted by Gasteiger charge is 2.33. The van der Waals surface area contributed by atoms with Crippen LogP contribution in [0, 0.1) is 0 Å². The Morgan fingerprint density at radius 3 is 2.75 bits per heavy atom. The highest BCUT2D eigenvalue weighted by atomic mass is 32.2. The van der Waals surface area contributed by atoms with Gasteiger partial charge in [-0.25, -0.2) is 4.79 Å². The molecule has 8 heteroatoms. The van der Waals surface area contributed by atoms with Crippen molar-refractivity contribution in [2.45, 2.75) is 30.2 Å². The quantitative estimate of drug-likeness (QED) is 0.850. The fraction of sp³-hybridized carbons (Fsp3) is 0.500. The van der Waals surface area contributed by atoms with Crippen molar-refractivity contribution >= 4 is 22.7 Å². The van der Waals surface area contributed by atoms with E-state index in [-0.39, 0.29) is 18.1 Å². The maximum Gasteiger partial charge on any atom is 0.326 e. The summed E-state index contributed by atoms with van der Waals surface area (Å²) in [6, 6.07) is 4.33. The highest BCUT2D eigenvalue weighted by molar-refractivity contribution is 7.85. The third-order valence-corrected chi connectivity index (χ3v) is 5.49. The zero-order valence-electron chi connectivity index (χ0n) is 13.1. The van der Waals surface area contributed by atoms with Gasteiger partial charge < -0.3 is 19.5 Å². The molecular weight excluding hydrogens is 334 g/mol. The fourth-order valence-electron chi connectivity index (χ4n) is 2.93. The Morgan fingerprint density at radius 1 is 1.25 bits per heavy atom. The molecule has 1 unspecified atom stereocenters. The molecule has 0 bridgehead atoms. The summed E-state index contributed by atoms with van der Waals surface area (Å²) >= 11 is 0. The van der Waals surface area contributed by atoms with Gasteiger partial charge in [0.1, 0.15) is 19.3 Å². The number of carboxylic acids is 1. The number of nitrogens with zero attached hydrogens (tertiary/aromatic N) is 1. The Kier molecular flexibility index (Phi) is 5.03. The lowest BCUT2D eigenvalue weighted by Gasteiger charge is -2.21. The van der Waals surface area contributed by atoms with Crippen molar-refractivity contribution in [2.24, 2.45) is 0 Å². The molecule has 1 aromatic rings. The molecule has 0 aromatic heterocycles. The van der Waals surface area contributed by atoms with E-state index in [0.717, 1.165) is 0 Å². The highest BCUT2D eigenvalue weighted by Crippen LogP contribution is 2.32. The van der Waals surface area contributed by atoms with E-state index < -0.39 is 22.8 Å². The number of hydrogen-bond acceptors (Lipinski definition) is 5. The lowest BCUT2D eigenvalue weighted by molar-refractivity contribution is -0.148. The van der Waals surface area contributed by atoms with Crippen molar-refractivity contribution in [3.05, 3.63) is 18.2 Å². The molecule has 0 aliphatic carbocycles. The van der Waals surface area contributed by atoms with E-state index in [4.69, 9.17) is 14.6 Å². The van der Waals surface area contributed by atoms with Crippen LogP contribution in [0.15, 0.2) is 23.1 Å². The molecule has 130 valence electrons. The molecule has 1 fully saturated rings. The van der Waals surface area contributed by atoms with E-state index in [2.05, 4.69) is 0 Å². The summed E-state index contributed by atoms with van der Waals surface area (Å²) in [5.41, 5.74) is 0. The number of likely N-dealkylation sites (tertiary alicyclic amines) is 1. The van der Waals surface area contributed by atoms with Crippen molar-refractivity contribution in [1.82, 2.24) is 4.90 Å². The molecule has 24 heavy (non-hydrogen) atoms. The van der Waals surface area contributed by atoms with Crippen LogP contribution in [0.5, 0.6) is 11.5 Å². The second kappa shape index (κ2) is 7.21. The second-order valence-electron chi connectivity index (χ2n) is 5.69. The van der Waals surface area contributed by atoms with E-state index >= 15 is 0 Å². The van der Waals surface area contributed by atoms with Crippen LogP contribution in [0.1, 0.15) is 19.3 Å². The molecule has 0 saturated carbocycles. The average molecular weight is 353 g/mol. The Hall–Kier alpha value is -2.09. The fourth-order valence-corrected chi connectivity index (χ4v) is 3.98. The zero-order chi connectivity index (χ0) is 17.1. The topological polar surface area (TPSA) is 93.1 Å². The summed E-state index contributed by atoms with van der Waals surface area (Å²) in [5.74, 6) is 0.101. The molecule has 1 amide bonds. The number of hydrogen-bond donors (Lipinski definition) is 1. The van der Waals surface area contributed by atoms with Gasteiger partial charge in [-0.05, 0) is 25.0 Å². The molecule has 2 aliphatic heterocycles. The monoisotopic (exact) mass is 353 g/mol. The molecule has 1 aromatic carbocycles. The van der Waals surface area contributed by atoms with Crippen molar-refractivity contribution in [3.8, 4) is 11.5 Å². The Morgan fingerprint density at radius 2 is 2.00 bits per heavy atom. The predicted molar refractivity (Wildman–Crippen MR) is 85.7 cm³/mol. The van der Waals surface area contributed by atoms with Gasteiger partial charge in [-0.3, -0.25) is 9.00 Å². The first kappa shape index (κ1) is 16.8. The molecule has 0 spiro atoms. The van der Waals surface area contributed by atoms with Gasteiger partial charge in [0.05, 0.1) is 10.8 Å². The first-order chi connectivity index (χ1) is 11.6. The molecule has 2 aliphatic rings. The van der Waals surface area contributed by atoms with Crippen molar-refractivity contribution < 1.29 is 28.4 Å². The van der Waals surface area contributed by atoms with Gasteiger partial charge in [-0.15, -0.1) is 0 Å². The standard InChI is InChI=1S/C16H19NO6S/c18-15(17-6-1-2-12(17)16(19)20)5-9-24(21)11-3-4-13-14(10-11)23-8-7-22-13/h3-4,10,12H,1-2,5-9H2,(H,19,20)/t12-,24?/m0/s1. The Balaban J connectivity index is 1.59. The Labute approximate surface area is 142 Å². The summed E-state index contributed by atoms with van der Waals surface area (Å²) in [6.07, 6.45) is 1.23. The number of carbonyl (C=O) groups excluding carboxylic acids is 1. The van der Waals surface area contributed by atoms with Gasteiger partial charge in [0.15, 0.2) is 11.5 Å². The minimum Gasteiger partial charge on any atom is -0.486 e. The van der Waals surface area contributed by atoms with Gasteiger partial charge >= 0.3 is 5.97 Å². The number of ether oxygens (including phenoxy) is 2. The SMILES string of the molecule is O=C(O)[C@@H]1CCCN1C(=O)CCS(=O)c1ccc2c(c1)OCCO2. The van der Waals surface area contributed by atoms with Crippen LogP contribution in [-0.4, -0.2) is 57.6 Å². The average Bonchev–Trinajstić information content (AvgIpc) is 3.09. The zero-order valence-corrected chi connectivity index (χ0v) is 13.9. The van der Waals surface area contributed by atoms with Crippen LogP contribution in [0.4, 0.5) is 0 Å². The van der Waals surface area contributed by atoms with Crippen molar-refractivity contribution in [2.75, 3.05) is 25.5 Å². The number of carboxylic acid groups (broad SMARTS) is 1. The maximum atomic E-state index is 12.4. The molecule has 1 saturated heterocycles. The van der Waals surface area contributed by atoms with Crippen LogP contribution in [0.25, 0.3) is 0 Å². The van der Waals surface area contributed by atoms with E-state index in [1.165, 1.54) is 4.90 Å². The number of rotatable bonds is 5. The summed E-state index contributed by atoms with van der Waals surface area (Å²) in [6.45, 7) is 1.39. The van der Waals surface area contributed by atoms with E-state index in [9.17, 15) is 13.8 Å². The molecule has 2 atom stereocenters. The predicted octanol–water partition coefficient (Wildman–Crippen LogP) is 1.03. The lowest BCUT2D eigenvalue weighted by atomic mass is 10.2. The minimum absolute atomic E-state index is 0.0604. The number of benzene rings is 1. The van der Waals surface area contributed by atoms with E-state index in [0.29, 0.717) is 49.0 Å². The van der Waals surface area contributed by atoms with Gasteiger partial charge in [0, 0.05) is 29.7 Å². The van der Waals surface area contributed by atoms with Gasteiger partial charge in [0.25, 0.3) is 0 Å². The third kappa shape index (κ3) is 3.53. The Bertz CT molecular complexity index is 677. The first-order valence-corrected chi connectivity index (χ1v) is 9.18. The van der Waals surface area contributed by atoms with Crippen LogP contribution >= 0.6 is 0 Å². The van der Waals surface area contributed by atoms with E-state index in [1.54, 1.807) is 18.2 Å². The smallest absolute Gasteiger partial charge is 0.326 e. The van der Waals surface area contributed by atoms with Crippen LogP contribution in [0.3, 0.4) is 0 Å². The van der Waals surface area contributed by atoms with Crippen molar-refractivity contribution in [3.63, 3.8) is 0 Å². The van der Waals surface area contributed by atoms with Crippen LogP contribution < -0.4 is 9.47 Å². The van der Waals surface area contributed by atoms with Crippen molar-refractivity contribution in [1.29, 1.82) is 0 Å². The summed E-state index contributed by atoms with van der Waals surface area (Å²) in [5, 5.41) is 9.12. The van der Waals surface area contributed by atoms with Gasteiger partial charge in [0.2, 0.25) is 5.91 Å². The first-order valence-electron chi connectivity index (χ1n) is 7.86. The van der Waals surface area contributed by atoms with Gasteiger partial charge in [-0.1, -0.05) is 0 Å². The number of fused-ring (bicyclic) bond motifs is 1. The van der Waals surface area contributed by atoms with Crippen LogP contribution in [-0.2, 0) is 20.4 Å². The summed E-state index contributed by atoms with van der Waals surface area (Å²) in [4.78, 5) is 25.3. The van der Waals surface area contributed by atoms with Crippen LogP contribution in [0.2, 0.25) is 0 Å². The third-order valence-electron chi connectivity index (χ3n) is 4.14. The van der Waals surface area contributed by atoms with E-state index in [1.807, 2.05) is 0 Å². The largest absolute Gasteiger partial charge is 0.486 e. The molecule has 0 radical (unpaired) electrons. The maximum absolute atomic E-state index is 12.4. The molecule has 2 heterocycles. The summed E-state index contributed by atoms with van der Waals surface area (Å²) < 4.78 is 23.3. The minimum atomic E-state index is -1.35. The lowest BCUT2D eigenvalue weighted by Crippen LogP contribution is -2.40. The number of aliphatic carboxylic acids is 1. The normalized spacial score (nSPS) is 20.7. The summed E-state index contributed by atoms with van der Waals surface area (Å²) in [7, 11) is -1.35. The number of carbonyl (C=O) groups is 2. The second-order valence-corrected chi connectivity index (χ2v) is 7.26. The molecular formula is C16H19NO6S. The molecule has 3 rings (SSSR count). The molecule has 1 N–H and O–H groups in total.